The molecule has 0 saturated carbocycles. The second-order valence-electron chi connectivity index (χ2n) is 9.43. The zero-order valence-corrected chi connectivity index (χ0v) is 20.1. The molecule has 0 spiro atoms. The van der Waals surface area contributed by atoms with Crippen LogP contribution in [0.5, 0.6) is 0 Å². The molecule has 0 bridgehead atoms. The molecule has 3 heteroatoms. The number of allylic oxidation sites excluding steroid dienone is 1. The number of carbonyl (C=O) groups is 1. The Morgan fingerprint density at radius 2 is 1.55 bits per heavy atom. The zero-order valence-electron chi connectivity index (χ0n) is 20.1. The third-order valence-corrected chi connectivity index (χ3v) is 6.42. The fourth-order valence-corrected chi connectivity index (χ4v) is 4.68. The molecule has 3 aromatic carbocycles. The SMILES string of the molecule is CC(C)c1ccccc1NC(=O)NCC1=CCCc2cc(-c3ccccc3C(C)C)ccc21. The number of fused-ring (bicyclic) bond motifs is 1. The average Bonchev–Trinajstić information content (AvgIpc) is 2.82. The van der Waals surface area contributed by atoms with Crippen LogP contribution in [0.1, 0.15) is 68.2 Å². The Bertz CT molecular complexity index is 1170. The van der Waals surface area contributed by atoms with Crippen LogP contribution in [0.15, 0.2) is 72.8 Å². The molecule has 1 aliphatic carbocycles. The molecule has 0 radical (unpaired) electrons. The molecule has 4 rings (SSSR count). The van der Waals surface area contributed by atoms with Crippen molar-refractivity contribution in [2.24, 2.45) is 0 Å². The molecule has 0 saturated heterocycles. The maximum atomic E-state index is 12.6. The third kappa shape index (κ3) is 5.19. The molecule has 0 fully saturated rings. The van der Waals surface area contributed by atoms with Gasteiger partial charge in [-0.25, -0.2) is 4.79 Å². The van der Waals surface area contributed by atoms with Crippen LogP contribution < -0.4 is 10.6 Å². The van der Waals surface area contributed by atoms with E-state index in [0.717, 1.165) is 24.1 Å². The van der Waals surface area contributed by atoms with Gasteiger partial charge in [0.15, 0.2) is 0 Å². The Kier molecular flexibility index (Phi) is 6.98. The van der Waals surface area contributed by atoms with E-state index in [-0.39, 0.29) is 6.03 Å². The number of nitrogens with one attached hydrogen (secondary N) is 2. The zero-order chi connectivity index (χ0) is 23.4. The van der Waals surface area contributed by atoms with Crippen LogP contribution in [-0.4, -0.2) is 12.6 Å². The van der Waals surface area contributed by atoms with Gasteiger partial charge in [-0.2, -0.15) is 0 Å². The van der Waals surface area contributed by atoms with Gasteiger partial charge in [-0.15, -0.1) is 0 Å². The summed E-state index contributed by atoms with van der Waals surface area (Å²) >= 11 is 0. The number of para-hydroxylation sites is 1. The van der Waals surface area contributed by atoms with Crippen LogP contribution in [0, 0.1) is 0 Å². The number of benzene rings is 3. The van der Waals surface area contributed by atoms with E-state index >= 15 is 0 Å². The van der Waals surface area contributed by atoms with Gasteiger partial charge in [0.05, 0.1) is 0 Å². The first-order chi connectivity index (χ1) is 15.9. The average molecular weight is 439 g/mol. The van der Waals surface area contributed by atoms with Crippen molar-refractivity contribution < 1.29 is 4.79 Å². The molecule has 0 aromatic heterocycles. The summed E-state index contributed by atoms with van der Waals surface area (Å²) in [6.45, 7) is 9.28. The number of carbonyl (C=O) groups excluding carboxylic acids is 1. The van der Waals surface area contributed by atoms with Crippen LogP contribution in [-0.2, 0) is 6.42 Å². The van der Waals surface area contributed by atoms with Gasteiger partial charge in [0.2, 0.25) is 0 Å². The quantitative estimate of drug-likeness (QED) is 0.406. The van der Waals surface area contributed by atoms with Crippen molar-refractivity contribution in [2.45, 2.75) is 52.4 Å². The van der Waals surface area contributed by atoms with Gasteiger partial charge in [0, 0.05) is 12.2 Å². The van der Waals surface area contributed by atoms with E-state index in [9.17, 15) is 4.79 Å². The van der Waals surface area contributed by atoms with Crippen LogP contribution >= 0.6 is 0 Å². The Morgan fingerprint density at radius 1 is 0.848 bits per heavy atom. The summed E-state index contributed by atoms with van der Waals surface area (Å²) in [5.74, 6) is 0.834. The first kappa shape index (κ1) is 22.8. The van der Waals surface area contributed by atoms with E-state index in [1.807, 2.05) is 18.2 Å². The summed E-state index contributed by atoms with van der Waals surface area (Å²) in [6, 6.07) is 23.3. The highest BCUT2D eigenvalue weighted by Gasteiger charge is 2.16. The largest absolute Gasteiger partial charge is 0.334 e. The number of hydrogen-bond acceptors (Lipinski definition) is 1. The second kappa shape index (κ2) is 10.1. The van der Waals surface area contributed by atoms with E-state index in [0.29, 0.717) is 18.4 Å². The van der Waals surface area contributed by atoms with E-state index in [1.165, 1.54) is 33.4 Å². The van der Waals surface area contributed by atoms with Crippen molar-refractivity contribution in [3.63, 3.8) is 0 Å². The summed E-state index contributed by atoms with van der Waals surface area (Å²) in [5, 5.41) is 6.09. The molecule has 1 aliphatic rings. The number of anilines is 1. The molecule has 0 unspecified atom stereocenters. The van der Waals surface area contributed by atoms with Crippen LogP contribution in [0.2, 0.25) is 0 Å². The summed E-state index contributed by atoms with van der Waals surface area (Å²) in [4.78, 5) is 12.6. The minimum absolute atomic E-state index is 0.168. The Morgan fingerprint density at radius 3 is 2.30 bits per heavy atom. The molecule has 33 heavy (non-hydrogen) atoms. The van der Waals surface area contributed by atoms with Crippen molar-refractivity contribution in [3.05, 3.63) is 95.1 Å². The lowest BCUT2D eigenvalue weighted by atomic mass is 9.86. The van der Waals surface area contributed by atoms with Crippen molar-refractivity contribution >= 4 is 17.3 Å². The van der Waals surface area contributed by atoms with Gasteiger partial charge in [-0.05, 0) is 69.7 Å². The molecule has 3 aromatic rings. The van der Waals surface area contributed by atoms with Crippen LogP contribution in [0.4, 0.5) is 10.5 Å². The number of rotatable bonds is 6. The van der Waals surface area contributed by atoms with Gasteiger partial charge in [-0.1, -0.05) is 94.4 Å². The molecule has 2 amide bonds. The topological polar surface area (TPSA) is 41.1 Å². The van der Waals surface area contributed by atoms with Crippen molar-refractivity contribution in [1.29, 1.82) is 0 Å². The van der Waals surface area contributed by atoms with Gasteiger partial charge >= 0.3 is 6.03 Å². The lowest BCUT2D eigenvalue weighted by Crippen LogP contribution is -2.31. The highest BCUT2D eigenvalue weighted by atomic mass is 16.2. The van der Waals surface area contributed by atoms with E-state index < -0.39 is 0 Å². The van der Waals surface area contributed by atoms with Crippen LogP contribution in [0.25, 0.3) is 16.7 Å². The summed E-state index contributed by atoms with van der Waals surface area (Å²) in [7, 11) is 0. The maximum Gasteiger partial charge on any atom is 0.319 e. The Balaban J connectivity index is 1.48. The Labute approximate surface area is 197 Å². The normalized spacial score (nSPS) is 13.0. The molecule has 3 nitrogen and oxygen atoms in total. The number of amides is 2. The van der Waals surface area contributed by atoms with Crippen molar-refractivity contribution in [2.75, 3.05) is 11.9 Å². The third-order valence-electron chi connectivity index (χ3n) is 6.42. The van der Waals surface area contributed by atoms with E-state index in [4.69, 9.17) is 0 Å². The van der Waals surface area contributed by atoms with E-state index in [1.54, 1.807) is 0 Å². The summed E-state index contributed by atoms with van der Waals surface area (Å²) in [6.07, 6.45) is 4.29. The fraction of sp³-hybridized carbons (Fsp3) is 0.300. The van der Waals surface area contributed by atoms with Crippen LogP contribution in [0.3, 0.4) is 0 Å². The number of aryl methyl sites for hydroxylation is 1. The number of hydrogen-bond donors (Lipinski definition) is 2. The molecule has 0 atom stereocenters. The molecule has 170 valence electrons. The molecule has 2 N–H and O–H groups in total. The smallest absolute Gasteiger partial charge is 0.319 e. The lowest BCUT2D eigenvalue weighted by molar-refractivity contribution is 0.253. The van der Waals surface area contributed by atoms with Gasteiger partial charge in [0.25, 0.3) is 0 Å². The predicted molar refractivity (Wildman–Crippen MR) is 140 cm³/mol. The first-order valence-corrected chi connectivity index (χ1v) is 12.0. The summed E-state index contributed by atoms with van der Waals surface area (Å²) in [5.41, 5.74) is 9.77. The van der Waals surface area contributed by atoms with Gasteiger partial charge in [-0.3, -0.25) is 0 Å². The second-order valence-corrected chi connectivity index (χ2v) is 9.43. The fourth-order valence-electron chi connectivity index (χ4n) is 4.68. The number of urea groups is 1. The monoisotopic (exact) mass is 438 g/mol. The van der Waals surface area contributed by atoms with Crippen molar-refractivity contribution in [1.82, 2.24) is 5.32 Å². The highest BCUT2D eigenvalue weighted by Crippen LogP contribution is 2.34. The molecular weight excluding hydrogens is 404 g/mol. The standard InChI is InChI=1S/C30H34N2O/c1-20(2)25-12-5-6-14-28(25)23-16-17-27-22(18-23)10-9-11-24(27)19-31-30(33)32-29-15-8-7-13-26(29)21(3)4/h5-8,11-18,20-21H,9-10,19H2,1-4H3,(H2,31,32,33). The molecule has 0 aliphatic heterocycles. The summed E-state index contributed by atoms with van der Waals surface area (Å²) < 4.78 is 0. The van der Waals surface area contributed by atoms with Gasteiger partial charge in [0.1, 0.15) is 0 Å². The molecular formula is C30H34N2O. The molecule has 0 heterocycles. The van der Waals surface area contributed by atoms with E-state index in [2.05, 4.69) is 92.9 Å². The maximum absolute atomic E-state index is 12.6. The van der Waals surface area contributed by atoms with Gasteiger partial charge < -0.3 is 10.6 Å². The Hall–Kier alpha value is -3.33. The minimum Gasteiger partial charge on any atom is -0.334 e. The first-order valence-electron chi connectivity index (χ1n) is 12.0. The predicted octanol–water partition coefficient (Wildman–Crippen LogP) is 7.75. The highest BCUT2D eigenvalue weighted by molar-refractivity contribution is 5.91. The minimum atomic E-state index is -0.168. The lowest BCUT2D eigenvalue weighted by Gasteiger charge is -2.21. The van der Waals surface area contributed by atoms with Crippen molar-refractivity contribution in [3.8, 4) is 11.1 Å².